The average molecular weight is 170 g/mol. The summed E-state index contributed by atoms with van der Waals surface area (Å²) in [7, 11) is 0. The highest BCUT2D eigenvalue weighted by atomic mass is 16.7. The quantitative estimate of drug-likeness (QED) is 0.606. The maximum atomic E-state index is 5.52. The van der Waals surface area contributed by atoms with Crippen LogP contribution in [0.1, 0.15) is 33.1 Å². The standard InChI is InChI=1S/C10H18O2/c1-3-4-5-6-10-7-8-11-9(2)12-10/h5-6,9-10H,3-4,7-8H2,1-2H3. The van der Waals surface area contributed by atoms with Gasteiger partial charge >= 0.3 is 0 Å². The summed E-state index contributed by atoms with van der Waals surface area (Å²) >= 11 is 0. The highest BCUT2D eigenvalue weighted by Gasteiger charge is 2.16. The molecule has 2 nitrogen and oxygen atoms in total. The molecule has 0 N–H and O–H groups in total. The van der Waals surface area contributed by atoms with Crippen LogP contribution in [0, 0.1) is 0 Å². The molecular weight excluding hydrogens is 152 g/mol. The Balaban J connectivity index is 2.22. The first kappa shape index (κ1) is 9.75. The van der Waals surface area contributed by atoms with Gasteiger partial charge in [-0.15, -0.1) is 0 Å². The van der Waals surface area contributed by atoms with Crippen molar-refractivity contribution < 1.29 is 9.47 Å². The fraction of sp³-hybridized carbons (Fsp3) is 0.800. The summed E-state index contributed by atoms with van der Waals surface area (Å²) in [5.41, 5.74) is 0. The summed E-state index contributed by atoms with van der Waals surface area (Å²) in [6.45, 7) is 4.94. The average Bonchev–Trinajstić information content (AvgIpc) is 2.05. The van der Waals surface area contributed by atoms with Gasteiger partial charge in [-0.2, -0.15) is 0 Å². The van der Waals surface area contributed by atoms with Crippen LogP contribution in [0.3, 0.4) is 0 Å². The van der Waals surface area contributed by atoms with Crippen LogP contribution in [0.4, 0.5) is 0 Å². The maximum absolute atomic E-state index is 5.52. The zero-order valence-electron chi connectivity index (χ0n) is 7.95. The van der Waals surface area contributed by atoms with Crippen molar-refractivity contribution in [3.8, 4) is 0 Å². The molecule has 1 saturated heterocycles. The van der Waals surface area contributed by atoms with Crippen molar-refractivity contribution >= 4 is 0 Å². The highest BCUT2D eigenvalue weighted by Crippen LogP contribution is 2.13. The van der Waals surface area contributed by atoms with Crippen molar-refractivity contribution in [3.63, 3.8) is 0 Å². The first-order chi connectivity index (χ1) is 5.83. The van der Waals surface area contributed by atoms with Crippen molar-refractivity contribution in [3.05, 3.63) is 12.2 Å². The van der Waals surface area contributed by atoms with E-state index >= 15 is 0 Å². The number of ether oxygens (including phenoxy) is 2. The summed E-state index contributed by atoms with van der Waals surface area (Å²) in [5.74, 6) is 0. The second kappa shape index (κ2) is 5.33. The number of hydrogen-bond acceptors (Lipinski definition) is 2. The largest absolute Gasteiger partial charge is 0.353 e. The number of rotatable bonds is 3. The minimum Gasteiger partial charge on any atom is -0.353 e. The lowest BCUT2D eigenvalue weighted by atomic mass is 10.2. The lowest BCUT2D eigenvalue weighted by Crippen LogP contribution is -2.28. The smallest absolute Gasteiger partial charge is 0.155 e. The van der Waals surface area contributed by atoms with Crippen molar-refractivity contribution in [1.29, 1.82) is 0 Å². The van der Waals surface area contributed by atoms with E-state index in [2.05, 4.69) is 19.1 Å². The topological polar surface area (TPSA) is 18.5 Å². The van der Waals surface area contributed by atoms with E-state index in [1.165, 1.54) is 6.42 Å². The minimum absolute atomic E-state index is 0.0324. The molecule has 0 aromatic heterocycles. The molecular formula is C10H18O2. The van der Waals surface area contributed by atoms with E-state index in [9.17, 15) is 0 Å². The van der Waals surface area contributed by atoms with Crippen LogP contribution in [-0.4, -0.2) is 19.0 Å². The zero-order chi connectivity index (χ0) is 8.81. The maximum Gasteiger partial charge on any atom is 0.155 e. The number of allylic oxidation sites excluding steroid dienone is 1. The third-order valence-electron chi connectivity index (χ3n) is 1.93. The van der Waals surface area contributed by atoms with Crippen LogP contribution in [0.2, 0.25) is 0 Å². The highest BCUT2D eigenvalue weighted by molar-refractivity contribution is 4.90. The van der Waals surface area contributed by atoms with Gasteiger partial charge in [-0.25, -0.2) is 0 Å². The Labute approximate surface area is 74.6 Å². The van der Waals surface area contributed by atoms with Crippen LogP contribution in [0.5, 0.6) is 0 Å². The molecule has 0 radical (unpaired) electrons. The molecule has 0 amide bonds. The van der Waals surface area contributed by atoms with Crippen molar-refractivity contribution in [2.45, 2.75) is 45.5 Å². The molecule has 0 spiro atoms. The monoisotopic (exact) mass is 170 g/mol. The molecule has 2 atom stereocenters. The molecule has 0 saturated carbocycles. The normalized spacial score (nSPS) is 31.2. The third kappa shape index (κ3) is 3.37. The van der Waals surface area contributed by atoms with E-state index in [-0.39, 0.29) is 12.4 Å². The molecule has 0 aliphatic carbocycles. The lowest BCUT2D eigenvalue weighted by Gasteiger charge is -2.25. The Morgan fingerprint density at radius 1 is 1.50 bits per heavy atom. The van der Waals surface area contributed by atoms with Gasteiger partial charge in [0.1, 0.15) is 0 Å². The zero-order valence-corrected chi connectivity index (χ0v) is 7.95. The van der Waals surface area contributed by atoms with E-state index in [0.29, 0.717) is 0 Å². The molecule has 1 rings (SSSR count). The second-order valence-corrected chi connectivity index (χ2v) is 3.12. The van der Waals surface area contributed by atoms with Gasteiger partial charge in [0.15, 0.2) is 6.29 Å². The third-order valence-corrected chi connectivity index (χ3v) is 1.93. The van der Waals surface area contributed by atoms with Crippen molar-refractivity contribution in [1.82, 2.24) is 0 Å². The van der Waals surface area contributed by atoms with Crippen LogP contribution in [-0.2, 0) is 9.47 Å². The molecule has 1 fully saturated rings. The molecule has 1 aliphatic heterocycles. The minimum atomic E-state index is -0.0324. The van der Waals surface area contributed by atoms with Gasteiger partial charge in [0, 0.05) is 6.42 Å². The summed E-state index contributed by atoms with van der Waals surface area (Å²) in [4.78, 5) is 0. The van der Waals surface area contributed by atoms with E-state index in [1.807, 2.05) is 6.92 Å². The van der Waals surface area contributed by atoms with Gasteiger partial charge in [0.25, 0.3) is 0 Å². The molecule has 12 heavy (non-hydrogen) atoms. The number of hydrogen-bond donors (Lipinski definition) is 0. The molecule has 2 heteroatoms. The Morgan fingerprint density at radius 2 is 2.33 bits per heavy atom. The molecule has 1 aliphatic rings. The fourth-order valence-corrected chi connectivity index (χ4v) is 1.26. The molecule has 70 valence electrons. The van der Waals surface area contributed by atoms with Gasteiger partial charge in [-0.05, 0) is 13.3 Å². The van der Waals surface area contributed by atoms with Crippen LogP contribution in [0.15, 0.2) is 12.2 Å². The van der Waals surface area contributed by atoms with Gasteiger partial charge in [0.05, 0.1) is 12.7 Å². The summed E-state index contributed by atoms with van der Waals surface area (Å²) in [5, 5.41) is 0. The van der Waals surface area contributed by atoms with Crippen LogP contribution < -0.4 is 0 Å². The van der Waals surface area contributed by atoms with Gasteiger partial charge in [-0.1, -0.05) is 25.5 Å². The first-order valence-corrected chi connectivity index (χ1v) is 4.76. The molecule has 0 aromatic carbocycles. The Hall–Kier alpha value is -0.340. The Bertz CT molecular complexity index is 143. The molecule has 1 heterocycles. The summed E-state index contributed by atoms with van der Waals surface area (Å²) in [6, 6.07) is 0. The SMILES string of the molecule is CCCC=CC1CCOC(C)O1. The Kier molecular flexibility index (Phi) is 4.33. The van der Waals surface area contributed by atoms with E-state index < -0.39 is 0 Å². The Morgan fingerprint density at radius 3 is 3.00 bits per heavy atom. The van der Waals surface area contributed by atoms with Crippen molar-refractivity contribution in [2.75, 3.05) is 6.61 Å². The van der Waals surface area contributed by atoms with Crippen molar-refractivity contribution in [2.24, 2.45) is 0 Å². The van der Waals surface area contributed by atoms with E-state index in [4.69, 9.17) is 9.47 Å². The summed E-state index contributed by atoms with van der Waals surface area (Å²) < 4.78 is 10.8. The predicted octanol–water partition coefficient (Wildman–Crippen LogP) is 2.49. The summed E-state index contributed by atoms with van der Waals surface area (Å²) in [6.07, 6.45) is 7.94. The predicted molar refractivity (Wildman–Crippen MR) is 49.0 cm³/mol. The molecule has 0 aromatic rings. The molecule has 0 bridgehead atoms. The van der Waals surface area contributed by atoms with E-state index in [0.717, 1.165) is 19.4 Å². The van der Waals surface area contributed by atoms with Crippen LogP contribution in [0.25, 0.3) is 0 Å². The number of unbranched alkanes of at least 4 members (excludes halogenated alkanes) is 1. The van der Waals surface area contributed by atoms with Gasteiger partial charge in [-0.3, -0.25) is 0 Å². The molecule has 2 unspecified atom stereocenters. The second-order valence-electron chi connectivity index (χ2n) is 3.12. The lowest BCUT2D eigenvalue weighted by molar-refractivity contribution is -0.189. The van der Waals surface area contributed by atoms with Gasteiger partial charge in [0.2, 0.25) is 0 Å². The first-order valence-electron chi connectivity index (χ1n) is 4.76. The van der Waals surface area contributed by atoms with Gasteiger partial charge < -0.3 is 9.47 Å². The van der Waals surface area contributed by atoms with Crippen LogP contribution >= 0.6 is 0 Å². The van der Waals surface area contributed by atoms with E-state index in [1.54, 1.807) is 0 Å². The fourth-order valence-electron chi connectivity index (χ4n) is 1.26.